The molecular formula is C13H12O2S. The van der Waals surface area contributed by atoms with Gasteiger partial charge in [-0.05, 0) is 22.4 Å². The Balaban J connectivity index is 2.02. The van der Waals surface area contributed by atoms with Crippen molar-refractivity contribution in [3.63, 3.8) is 0 Å². The van der Waals surface area contributed by atoms with Gasteiger partial charge < -0.3 is 4.74 Å². The fraction of sp³-hybridized carbons (Fsp3) is 0.308. The number of carbonyl (C=O) groups is 1. The van der Waals surface area contributed by atoms with E-state index >= 15 is 0 Å². The van der Waals surface area contributed by atoms with Crippen molar-refractivity contribution in [3.8, 4) is 0 Å². The smallest absolute Gasteiger partial charge is 0.138 e. The monoisotopic (exact) mass is 232 g/mol. The summed E-state index contributed by atoms with van der Waals surface area (Å²) in [5.41, 5.74) is 1.17. The molecule has 0 amide bonds. The van der Waals surface area contributed by atoms with E-state index in [1.54, 1.807) is 11.3 Å². The molecule has 3 rings (SSSR count). The average Bonchev–Trinajstić information content (AvgIpc) is 2.72. The summed E-state index contributed by atoms with van der Waals surface area (Å²) in [6.07, 6.45) is 1.07. The van der Waals surface area contributed by atoms with E-state index in [-0.39, 0.29) is 6.10 Å². The lowest BCUT2D eigenvalue weighted by atomic mass is 10.00. The number of thiophene rings is 1. The standard InChI is InChI=1S/C13H12O2S/c14-9-5-6-15-12(7-9)11-8-16-13-4-2-1-3-10(11)13/h1-4,8,12H,5-7H2. The van der Waals surface area contributed by atoms with Crippen molar-refractivity contribution >= 4 is 27.2 Å². The van der Waals surface area contributed by atoms with Gasteiger partial charge in [0.05, 0.1) is 12.7 Å². The van der Waals surface area contributed by atoms with Crippen LogP contribution in [0.5, 0.6) is 0 Å². The van der Waals surface area contributed by atoms with Crippen molar-refractivity contribution in [1.29, 1.82) is 0 Å². The molecule has 16 heavy (non-hydrogen) atoms. The van der Waals surface area contributed by atoms with Crippen molar-refractivity contribution in [3.05, 3.63) is 35.2 Å². The van der Waals surface area contributed by atoms with Crippen LogP contribution in [0.4, 0.5) is 0 Å². The van der Waals surface area contributed by atoms with E-state index < -0.39 is 0 Å². The number of rotatable bonds is 1. The summed E-state index contributed by atoms with van der Waals surface area (Å²) in [4.78, 5) is 11.4. The van der Waals surface area contributed by atoms with Crippen LogP contribution in [0.15, 0.2) is 29.6 Å². The second kappa shape index (κ2) is 4.00. The average molecular weight is 232 g/mol. The fourth-order valence-corrected chi connectivity index (χ4v) is 3.13. The molecule has 2 aromatic rings. The largest absolute Gasteiger partial charge is 0.373 e. The van der Waals surface area contributed by atoms with Gasteiger partial charge in [-0.1, -0.05) is 18.2 Å². The number of hydrogen-bond acceptors (Lipinski definition) is 3. The minimum atomic E-state index is -0.0302. The number of ketones is 1. The molecule has 1 aliphatic rings. The van der Waals surface area contributed by atoms with Gasteiger partial charge >= 0.3 is 0 Å². The first-order chi connectivity index (χ1) is 7.84. The SMILES string of the molecule is O=C1CCOC(c2csc3ccccc23)C1. The molecule has 1 saturated heterocycles. The number of fused-ring (bicyclic) bond motifs is 1. The zero-order chi connectivity index (χ0) is 11.0. The number of Topliss-reactive ketones (excluding diaryl/α,β-unsaturated/α-hetero) is 1. The Labute approximate surface area is 97.8 Å². The molecule has 0 N–H and O–H groups in total. The first kappa shape index (κ1) is 10.00. The van der Waals surface area contributed by atoms with Gasteiger partial charge in [-0.15, -0.1) is 11.3 Å². The fourth-order valence-electron chi connectivity index (χ4n) is 2.13. The maximum Gasteiger partial charge on any atom is 0.138 e. The van der Waals surface area contributed by atoms with Gasteiger partial charge in [0.15, 0.2) is 0 Å². The lowest BCUT2D eigenvalue weighted by Crippen LogP contribution is -2.19. The van der Waals surface area contributed by atoms with Gasteiger partial charge in [0.1, 0.15) is 5.78 Å². The minimum absolute atomic E-state index is 0.0302. The maximum absolute atomic E-state index is 11.4. The summed E-state index contributed by atoms with van der Waals surface area (Å²) in [5, 5.41) is 3.35. The molecule has 3 heteroatoms. The van der Waals surface area contributed by atoms with Gasteiger partial charge in [0, 0.05) is 17.5 Å². The quantitative estimate of drug-likeness (QED) is 0.754. The Hall–Kier alpha value is -1.19. The molecule has 1 aromatic carbocycles. The van der Waals surface area contributed by atoms with E-state index in [1.165, 1.54) is 15.6 Å². The first-order valence-electron chi connectivity index (χ1n) is 5.44. The van der Waals surface area contributed by atoms with Crippen LogP contribution in [-0.4, -0.2) is 12.4 Å². The predicted molar refractivity (Wildman–Crippen MR) is 64.8 cm³/mol. The van der Waals surface area contributed by atoms with Gasteiger partial charge in [0.25, 0.3) is 0 Å². The van der Waals surface area contributed by atoms with E-state index in [0.29, 0.717) is 25.2 Å². The van der Waals surface area contributed by atoms with Crippen LogP contribution in [0.2, 0.25) is 0 Å². The Morgan fingerprint density at radius 1 is 1.31 bits per heavy atom. The van der Waals surface area contributed by atoms with Crippen LogP contribution in [-0.2, 0) is 9.53 Å². The first-order valence-corrected chi connectivity index (χ1v) is 6.32. The van der Waals surface area contributed by atoms with E-state index in [9.17, 15) is 4.79 Å². The molecule has 82 valence electrons. The normalized spacial score (nSPS) is 21.5. The van der Waals surface area contributed by atoms with E-state index in [0.717, 1.165) is 0 Å². The van der Waals surface area contributed by atoms with Gasteiger partial charge in [-0.2, -0.15) is 0 Å². The van der Waals surface area contributed by atoms with Crippen LogP contribution in [0.25, 0.3) is 10.1 Å². The second-order valence-electron chi connectivity index (χ2n) is 4.04. The third kappa shape index (κ3) is 1.66. The molecule has 0 aliphatic carbocycles. The molecule has 1 aliphatic heterocycles. The predicted octanol–water partition coefficient (Wildman–Crippen LogP) is 3.32. The van der Waals surface area contributed by atoms with Crippen LogP contribution < -0.4 is 0 Å². The second-order valence-corrected chi connectivity index (χ2v) is 4.95. The number of benzene rings is 1. The Morgan fingerprint density at radius 3 is 3.06 bits per heavy atom. The minimum Gasteiger partial charge on any atom is -0.373 e. The number of ether oxygens (including phenoxy) is 1. The highest BCUT2D eigenvalue weighted by Gasteiger charge is 2.23. The van der Waals surface area contributed by atoms with Crippen LogP contribution in [0.1, 0.15) is 24.5 Å². The van der Waals surface area contributed by atoms with Gasteiger partial charge in [-0.3, -0.25) is 4.79 Å². The summed E-state index contributed by atoms with van der Waals surface area (Å²) in [7, 11) is 0. The topological polar surface area (TPSA) is 26.3 Å². The highest BCUT2D eigenvalue weighted by Crippen LogP contribution is 2.35. The Bertz CT molecular complexity index is 529. The van der Waals surface area contributed by atoms with Crippen molar-refractivity contribution in [2.45, 2.75) is 18.9 Å². The molecule has 0 radical (unpaired) electrons. The number of carbonyl (C=O) groups excluding carboxylic acids is 1. The van der Waals surface area contributed by atoms with E-state index in [2.05, 4.69) is 17.5 Å². The lowest BCUT2D eigenvalue weighted by Gasteiger charge is -2.21. The highest BCUT2D eigenvalue weighted by atomic mass is 32.1. The zero-order valence-electron chi connectivity index (χ0n) is 8.81. The van der Waals surface area contributed by atoms with Crippen molar-refractivity contribution in [2.24, 2.45) is 0 Å². The summed E-state index contributed by atoms with van der Waals surface area (Å²) >= 11 is 1.72. The molecule has 0 spiro atoms. The molecule has 0 bridgehead atoms. The Kier molecular flexibility index (Phi) is 2.50. The van der Waals surface area contributed by atoms with Gasteiger partial charge in [0.2, 0.25) is 0 Å². The molecule has 2 heterocycles. The summed E-state index contributed by atoms with van der Waals surface area (Å²) < 4.78 is 6.95. The van der Waals surface area contributed by atoms with E-state index in [4.69, 9.17) is 4.74 Å². The molecule has 1 unspecified atom stereocenters. The maximum atomic E-state index is 11.4. The summed E-state index contributed by atoms with van der Waals surface area (Å²) in [5.74, 6) is 0.312. The lowest BCUT2D eigenvalue weighted by molar-refractivity contribution is -0.128. The molecule has 2 nitrogen and oxygen atoms in total. The number of hydrogen-bond donors (Lipinski definition) is 0. The molecule has 1 fully saturated rings. The van der Waals surface area contributed by atoms with Gasteiger partial charge in [-0.25, -0.2) is 0 Å². The highest BCUT2D eigenvalue weighted by molar-refractivity contribution is 7.17. The Morgan fingerprint density at radius 2 is 2.19 bits per heavy atom. The molecular weight excluding hydrogens is 220 g/mol. The van der Waals surface area contributed by atoms with Crippen molar-refractivity contribution in [1.82, 2.24) is 0 Å². The summed E-state index contributed by atoms with van der Waals surface area (Å²) in [6, 6.07) is 8.27. The van der Waals surface area contributed by atoms with Crippen LogP contribution in [0, 0.1) is 0 Å². The molecule has 1 atom stereocenters. The third-order valence-electron chi connectivity index (χ3n) is 2.97. The summed E-state index contributed by atoms with van der Waals surface area (Å²) in [6.45, 7) is 0.563. The third-order valence-corrected chi connectivity index (χ3v) is 3.95. The van der Waals surface area contributed by atoms with Crippen molar-refractivity contribution in [2.75, 3.05) is 6.61 Å². The van der Waals surface area contributed by atoms with Crippen LogP contribution in [0.3, 0.4) is 0 Å². The molecule has 1 aromatic heterocycles. The van der Waals surface area contributed by atoms with Crippen molar-refractivity contribution < 1.29 is 9.53 Å². The van der Waals surface area contributed by atoms with E-state index in [1.807, 2.05) is 12.1 Å². The molecule has 0 saturated carbocycles. The zero-order valence-corrected chi connectivity index (χ0v) is 9.63. The van der Waals surface area contributed by atoms with Crippen LogP contribution >= 0.6 is 11.3 Å².